The average Bonchev–Trinajstić information content (AvgIpc) is 3.23. The van der Waals surface area contributed by atoms with Gasteiger partial charge in [0, 0.05) is 28.6 Å². The number of unbranched alkanes of at least 4 members (excludes halogenated alkanes) is 1. The van der Waals surface area contributed by atoms with Crippen molar-refractivity contribution in [3.05, 3.63) is 95.7 Å². The lowest BCUT2D eigenvalue weighted by atomic mass is 10.1. The average molecular weight is 494 g/mol. The van der Waals surface area contributed by atoms with Crippen molar-refractivity contribution < 1.29 is 23.0 Å². The summed E-state index contributed by atoms with van der Waals surface area (Å²) in [4.78, 5) is 12.8. The second kappa shape index (κ2) is 11.7. The van der Waals surface area contributed by atoms with E-state index < -0.39 is 6.61 Å². The molecule has 1 aromatic heterocycles. The van der Waals surface area contributed by atoms with Crippen LogP contribution >= 0.6 is 0 Å². The number of halogens is 2. The van der Waals surface area contributed by atoms with E-state index in [1.807, 2.05) is 54.0 Å². The molecular weight excluding hydrogens is 464 g/mol. The Labute approximate surface area is 208 Å². The molecule has 0 bridgehead atoms. The second-order valence-corrected chi connectivity index (χ2v) is 8.44. The minimum Gasteiger partial charge on any atom is -0.487 e. The summed E-state index contributed by atoms with van der Waals surface area (Å²) in [5.74, 6) is 6.54. The number of aromatic nitrogens is 1. The topological polar surface area (TPSA) is 69.7 Å². The molecule has 0 saturated carbocycles. The molecule has 0 saturated heterocycles. The third-order valence-electron chi connectivity index (χ3n) is 5.89. The monoisotopic (exact) mass is 493 g/mol. The Balaban J connectivity index is 1.70. The van der Waals surface area contributed by atoms with Crippen LogP contribution in [-0.2, 0) is 13.2 Å². The number of hydrazine groups is 1. The molecule has 8 heteroatoms. The Morgan fingerprint density at radius 3 is 2.53 bits per heavy atom. The van der Waals surface area contributed by atoms with Crippen LogP contribution in [0, 0.1) is 0 Å². The number of hydrogen-bond donors (Lipinski definition) is 1. The number of alkyl halides is 2. The molecule has 2 N–H and O–H groups in total. The standard InChI is InChI=1S/C28H29F2N3O3/c1-2-3-15-33(31)27(34)20-13-14-25-22(16-20)17-23(19-35-24-10-5-4-6-11-24)32(25)18-21-9-7-8-12-26(21)36-28(29)30/h4-14,16-17,28H,2-3,15,18-19,31H2,1H3. The fourth-order valence-electron chi connectivity index (χ4n) is 4.05. The third-order valence-corrected chi connectivity index (χ3v) is 5.89. The summed E-state index contributed by atoms with van der Waals surface area (Å²) in [5.41, 5.74) is 2.74. The number of carbonyl (C=O) groups is 1. The summed E-state index contributed by atoms with van der Waals surface area (Å²) in [6.07, 6.45) is 1.76. The van der Waals surface area contributed by atoms with Gasteiger partial charge in [-0.25, -0.2) is 5.84 Å². The smallest absolute Gasteiger partial charge is 0.387 e. The molecular formula is C28H29F2N3O3. The summed E-state index contributed by atoms with van der Waals surface area (Å²) >= 11 is 0. The van der Waals surface area contributed by atoms with Crippen LogP contribution in [0.2, 0.25) is 0 Å². The molecule has 1 heterocycles. The first-order valence-corrected chi connectivity index (χ1v) is 11.9. The van der Waals surface area contributed by atoms with E-state index in [1.165, 1.54) is 11.1 Å². The predicted octanol–water partition coefficient (Wildman–Crippen LogP) is 5.99. The van der Waals surface area contributed by atoms with Crippen LogP contribution < -0.4 is 15.3 Å². The van der Waals surface area contributed by atoms with Crippen LogP contribution in [0.1, 0.15) is 41.4 Å². The highest BCUT2D eigenvalue weighted by Crippen LogP contribution is 2.28. The second-order valence-electron chi connectivity index (χ2n) is 8.44. The first-order chi connectivity index (χ1) is 17.5. The van der Waals surface area contributed by atoms with E-state index in [-0.39, 0.29) is 24.8 Å². The Morgan fingerprint density at radius 2 is 1.78 bits per heavy atom. The van der Waals surface area contributed by atoms with Crippen molar-refractivity contribution in [3.8, 4) is 11.5 Å². The highest BCUT2D eigenvalue weighted by Gasteiger charge is 2.17. The first-order valence-electron chi connectivity index (χ1n) is 11.9. The molecule has 188 valence electrons. The number of rotatable bonds is 11. The summed E-state index contributed by atoms with van der Waals surface area (Å²) < 4.78 is 38.7. The SMILES string of the molecule is CCCCN(N)C(=O)c1ccc2c(c1)cc(COc1ccccc1)n2Cc1ccccc1OC(F)F. The van der Waals surface area contributed by atoms with E-state index in [2.05, 4.69) is 0 Å². The summed E-state index contributed by atoms with van der Waals surface area (Å²) in [5, 5.41) is 2.06. The van der Waals surface area contributed by atoms with Gasteiger partial charge in [-0.15, -0.1) is 0 Å². The van der Waals surface area contributed by atoms with E-state index in [0.717, 1.165) is 29.4 Å². The van der Waals surface area contributed by atoms with Crippen LogP contribution in [0.15, 0.2) is 78.9 Å². The van der Waals surface area contributed by atoms with Gasteiger partial charge in [0.25, 0.3) is 5.91 Å². The van der Waals surface area contributed by atoms with Gasteiger partial charge in [-0.2, -0.15) is 8.78 Å². The normalized spacial score (nSPS) is 11.1. The van der Waals surface area contributed by atoms with Crippen LogP contribution in [0.3, 0.4) is 0 Å². The lowest BCUT2D eigenvalue weighted by Gasteiger charge is -2.17. The molecule has 4 aromatic rings. The number of amides is 1. The maximum Gasteiger partial charge on any atom is 0.387 e. The first kappa shape index (κ1) is 25.2. The van der Waals surface area contributed by atoms with Gasteiger partial charge in [-0.3, -0.25) is 9.80 Å². The van der Waals surface area contributed by atoms with Crippen molar-refractivity contribution in [1.29, 1.82) is 0 Å². The molecule has 0 spiro atoms. The van der Waals surface area contributed by atoms with Gasteiger partial charge < -0.3 is 14.0 Å². The fourth-order valence-corrected chi connectivity index (χ4v) is 4.05. The molecule has 0 unspecified atom stereocenters. The number of nitrogens with zero attached hydrogens (tertiary/aromatic N) is 2. The maximum absolute atomic E-state index is 13.0. The third kappa shape index (κ3) is 6.01. The van der Waals surface area contributed by atoms with Crippen molar-refractivity contribution in [2.75, 3.05) is 6.54 Å². The summed E-state index contributed by atoms with van der Waals surface area (Å²) in [7, 11) is 0. The number of benzene rings is 3. The number of fused-ring (bicyclic) bond motifs is 1. The van der Waals surface area contributed by atoms with Crippen molar-refractivity contribution >= 4 is 16.8 Å². The molecule has 0 aliphatic rings. The van der Waals surface area contributed by atoms with Gasteiger partial charge in [0.05, 0.1) is 12.2 Å². The zero-order valence-corrected chi connectivity index (χ0v) is 20.1. The summed E-state index contributed by atoms with van der Waals surface area (Å²) in [6, 6.07) is 23.4. The minimum absolute atomic E-state index is 0.116. The fraction of sp³-hybridized carbons (Fsp3) is 0.250. The minimum atomic E-state index is -2.92. The summed E-state index contributed by atoms with van der Waals surface area (Å²) in [6.45, 7) is 0.127. The molecule has 0 fully saturated rings. The van der Waals surface area contributed by atoms with Crippen LogP contribution in [0.4, 0.5) is 8.78 Å². The molecule has 6 nitrogen and oxygen atoms in total. The highest BCUT2D eigenvalue weighted by atomic mass is 19.3. The molecule has 0 atom stereocenters. The number of hydrogen-bond acceptors (Lipinski definition) is 4. The zero-order valence-electron chi connectivity index (χ0n) is 20.1. The van der Waals surface area contributed by atoms with Gasteiger partial charge in [0.15, 0.2) is 0 Å². The Kier molecular flexibility index (Phi) is 8.17. The molecule has 0 aliphatic heterocycles. The molecule has 1 amide bonds. The van der Waals surface area contributed by atoms with Gasteiger partial charge in [0.1, 0.15) is 18.1 Å². The molecule has 0 aliphatic carbocycles. The van der Waals surface area contributed by atoms with E-state index in [4.69, 9.17) is 15.3 Å². The molecule has 36 heavy (non-hydrogen) atoms. The van der Waals surface area contributed by atoms with E-state index >= 15 is 0 Å². The maximum atomic E-state index is 13.0. The van der Waals surface area contributed by atoms with Crippen molar-refractivity contribution in [3.63, 3.8) is 0 Å². The van der Waals surface area contributed by atoms with E-state index in [9.17, 15) is 13.6 Å². The number of ether oxygens (including phenoxy) is 2. The number of carbonyl (C=O) groups excluding carboxylic acids is 1. The number of para-hydroxylation sites is 2. The molecule has 0 radical (unpaired) electrons. The van der Waals surface area contributed by atoms with Crippen molar-refractivity contribution in [1.82, 2.24) is 9.58 Å². The van der Waals surface area contributed by atoms with E-state index in [0.29, 0.717) is 23.4 Å². The zero-order chi connectivity index (χ0) is 25.5. The lowest BCUT2D eigenvalue weighted by Crippen LogP contribution is -2.38. The predicted molar refractivity (Wildman–Crippen MR) is 135 cm³/mol. The van der Waals surface area contributed by atoms with Gasteiger partial charge in [-0.05, 0) is 48.9 Å². The van der Waals surface area contributed by atoms with Gasteiger partial charge in [0.2, 0.25) is 0 Å². The Bertz CT molecular complexity index is 1310. The quantitative estimate of drug-likeness (QED) is 0.158. The van der Waals surface area contributed by atoms with Crippen molar-refractivity contribution in [2.45, 2.75) is 39.5 Å². The van der Waals surface area contributed by atoms with Gasteiger partial charge in [-0.1, -0.05) is 49.7 Å². The van der Waals surface area contributed by atoms with E-state index in [1.54, 1.807) is 30.3 Å². The van der Waals surface area contributed by atoms with Crippen LogP contribution in [-0.4, -0.2) is 28.6 Å². The van der Waals surface area contributed by atoms with Crippen molar-refractivity contribution in [2.24, 2.45) is 5.84 Å². The largest absolute Gasteiger partial charge is 0.487 e. The number of nitrogens with two attached hydrogens (primary N) is 1. The Morgan fingerprint density at radius 1 is 1.03 bits per heavy atom. The molecule has 3 aromatic carbocycles. The van der Waals surface area contributed by atoms with Crippen LogP contribution in [0.25, 0.3) is 10.9 Å². The lowest BCUT2D eigenvalue weighted by molar-refractivity contribution is -0.0504. The Hall–Kier alpha value is -3.91. The van der Waals surface area contributed by atoms with Gasteiger partial charge >= 0.3 is 6.61 Å². The van der Waals surface area contributed by atoms with Crippen LogP contribution in [0.5, 0.6) is 11.5 Å². The molecule has 4 rings (SSSR count). The highest BCUT2D eigenvalue weighted by molar-refractivity contribution is 5.98.